The molecule has 0 atom stereocenters. The monoisotopic (exact) mass is 367 g/mol. The summed E-state index contributed by atoms with van der Waals surface area (Å²) < 4.78 is 4.77. The van der Waals surface area contributed by atoms with E-state index >= 15 is 0 Å². The summed E-state index contributed by atoms with van der Waals surface area (Å²) in [5, 5.41) is 9.92. The van der Waals surface area contributed by atoms with E-state index in [2.05, 4.69) is 46.8 Å². The predicted molar refractivity (Wildman–Crippen MR) is 101 cm³/mol. The van der Waals surface area contributed by atoms with Gasteiger partial charge in [0.1, 0.15) is 5.01 Å². The molecular weight excluding hydrogens is 338 g/mol. The van der Waals surface area contributed by atoms with Crippen LogP contribution in [0.1, 0.15) is 44.3 Å². The van der Waals surface area contributed by atoms with Gasteiger partial charge in [0, 0.05) is 37.0 Å². The minimum absolute atomic E-state index is 0.0717. The van der Waals surface area contributed by atoms with Crippen molar-refractivity contribution in [3.05, 3.63) is 16.1 Å². The molecule has 1 fully saturated rings. The maximum absolute atomic E-state index is 11.5. The lowest BCUT2D eigenvalue weighted by molar-refractivity contribution is 0.111. The van der Waals surface area contributed by atoms with Gasteiger partial charge in [-0.15, -0.1) is 11.3 Å². The SMILES string of the molecule is CN=C(NCc1nc(C(C)(C)C)cs1)NC1CCN(C(=O)OC)CC1. The number of nitrogens with one attached hydrogen (secondary N) is 2. The molecule has 0 aromatic carbocycles. The first-order valence-electron chi connectivity index (χ1n) is 8.58. The van der Waals surface area contributed by atoms with Crippen molar-refractivity contribution in [3.63, 3.8) is 0 Å². The number of carbonyl (C=O) groups excluding carboxylic acids is 1. The number of guanidine groups is 1. The van der Waals surface area contributed by atoms with Crippen LogP contribution in [0.25, 0.3) is 0 Å². The maximum Gasteiger partial charge on any atom is 0.409 e. The molecule has 0 unspecified atom stereocenters. The molecule has 2 heterocycles. The van der Waals surface area contributed by atoms with Crippen LogP contribution >= 0.6 is 11.3 Å². The summed E-state index contributed by atoms with van der Waals surface area (Å²) in [7, 11) is 3.18. The molecule has 1 aliphatic rings. The summed E-state index contributed by atoms with van der Waals surface area (Å²) in [6.07, 6.45) is 1.50. The Morgan fingerprint density at radius 1 is 1.44 bits per heavy atom. The van der Waals surface area contributed by atoms with E-state index < -0.39 is 0 Å². The largest absolute Gasteiger partial charge is 0.453 e. The molecule has 1 aromatic rings. The maximum atomic E-state index is 11.5. The molecule has 8 heteroatoms. The minimum Gasteiger partial charge on any atom is -0.453 e. The first kappa shape index (κ1) is 19.5. The minimum atomic E-state index is -0.251. The Balaban J connectivity index is 1.80. The average Bonchev–Trinajstić information content (AvgIpc) is 3.08. The van der Waals surface area contributed by atoms with E-state index in [1.807, 2.05) is 0 Å². The number of hydrogen-bond donors (Lipinski definition) is 2. The van der Waals surface area contributed by atoms with Crippen molar-refractivity contribution in [2.24, 2.45) is 4.99 Å². The van der Waals surface area contributed by atoms with E-state index in [9.17, 15) is 4.79 Å². The van der Waals surface area contributed by atoms with Crippen LogP contribution in [-0.4, -0.2) is 55.2 Å². The van der Waals surface area contributed by atoms with Gasteiger partial charge < -0.3 is 20.3 Å². The van der Waals surface area contributed by atoms with Crippen LogP contribution in [0.2, 0.25) is 0 Å². The Morgan fingerprint density at radius 3 is 2.64 bits per heavy atom. The van der Waals surface area contributed by atoms with Crippen molar-refractivity contribution in [2.75, 3.05) is 27.2 Å². The van der Waals surface area contributed by atoms with Crippen LogP contribution in [0.4, 0.5) is 4.79 Å². The molecule has 7 nitrogen and oxygen atoms in total. The Labute approximate surface area is 153 Å². The van der Waals surface area contributed by atoms with E-state index in [1.165, 1.54) is 7.11 Å². The number of aliphatic imine (C=N–C) groups is 1. The lowest BCUT2D eigenvalue weighted by Crippen LogP contribution is -2.49. The molecular formula is C17H29N5O2S. The third-order valence-corrected chi connectivity index (χ3v) is 5.07. The Bertz CT molecular complexity index is 600. The van der Waals surface area contributed by atoms with Crippen LogP contribution in [0.5, 0.6) is 0 Å². The van der Waals surface area contributed by atoms with Gasteiger partial charge in [-0.1, -0.05) is 20.8 Å². The van der Waals surface area contributed by atoms with Crippen molar-refractivity contribution in [1.82, 2.24) is 20.5 Å². The Kier molecular flexibility index (Phi) is 6.64. The van der Waals surface area contributed by atoms with E-state index in [-0.39, 0.29) is 11.5 Å². The first-order chi connectivity index (χ1) is 11.8. The predicted octanol–water partition coefficient (Wildman–Crippen LogP) is 2.34. The van der Waals surface area contributed by atoms with E-state index in [1.54, 1.807) is 23.3 Å². The highest BCUT2D eigenvalue weighted by Gasteiger charge is 2.23. The number of likely N-dealkylation sites (tertiary alicyclic amines) is 1. The fourth-order valence-electron chi connectivity index (χ4n) is 2.62. The van der Waals surface area contributed by atoms with E-state index in [0.29, 0.717) is 25.7 Å². The number of thiazole rings is 1. The van der Waals surface area contributed by atoms with Gasteiger partial charge in [-0.05, 0) is 12.8 Å². The van der Waals surface area contributed by atoms with Crippen molar-refractivity contribution in [1.29, 1.82) is 0 Å². The number of piperidine rings is 1. The zero-order valence-electron chi connectivity index (χ0n) is 15.8. The fourth-order valence-corrected chi connectivity index (χ4v) is 3.58. The zero-order chi connectivity index (χ0) is 18.4. The van der Waals surface area contributed by atoms with Crippen LogP contribution in [0, 0.1) is 0 Å². The summed E-state index contributed by atoms with van der Waals surface area (Å²) in [4.78, 5) is 22.2. The van der Waals surface area contributed by atoms with Crippen molar-refractivity contribution >= 4 is 23.4 Å². The number of aromatic nitrogens is 1. The quantitative estimate of drug-likeness (QED) is 0.633. The molecule has 1 aromatic heterocycles. The highest BCUT2D eigenvalue weighted by atomic mass is 32.1. The molecule has 0 aliphatic carbocycles. The number of ether oxygens (including phenoxy) is 1. The molecule has 25 heavy (non-hydrogen) atoms. The summed E-state index contributed by atoms with van der Waals surface area (Å²) in [5.41, 5.74) is 1.19. The second-order valence-electron chi connectivity index (χ2n) is 7.18. The van der Waals surface area contributed by atoms with Gasteiger partial charge in [0.15, 0.2) is 5.96 Å². The highest BCUT2D eigenvalue weighted by molar-refractivity contribution is 7.09. The highest BCUT2D eigenvalue weighted by Crippen LogP contribution is 2.23. The van der Waals surface area contributed by atoms with Gasteiger partial charge in [-0.3, -0.25) is 4.99 Å². The zero-order valence-corrected chi connectivity index (χ0v) is 16.6. The number of methoxy groups -OCH3 is 1. The van der Waals surface area contributed by atoms with Gasteiger partial charge in [-0.25, -0.2) is 9.78 Å². The molecule has 140 valence electrons. The third-order valence-electron chi connectivity index (χ3n) is 4.22. The van der Waals surface area contributed by atoms with Gasteiger partial charge in [0.05, 0.1) is 19.3 Å². The van der Waals surface area contributed by atoms with Crippen LogP contribution < -0.4 is 10.6 Å². The lowest BCUT2D eigenvalue weighted by atomic mass is 9.93. The van der Waals surface area contributed by atoms with Crippen molar-refractivity contribution in [2.45, 2.75) is 51.6 Å². The van der Waals surface area contributed by atoms with Crippen LogP contribution in [-0.2, 0) is 16.7 Å². The van der Waals surface area contributed by atoms with Gasteiger partial charge in [0.2, 0.25) is 0 Å². The molecule has 1 aliphatic heterocycles. The second-order valence-corrected chi connectivity index (χ2v) is 8.12. The molecule has 1 saturated heterocycles. The van der Waals surface area contributed by atoms with Crippen LogP contribution in [0.3, 0.4) is 0 Å². The molecule has 2 rings (SSSR count). The normalized spacial score (nSPS) is 16.7. The number of amides is 1. The standard InChI is InChI=1S/C17H29N5O2S/c1-17(2,3)13-11-25-14(21-13)10-19-15(18-4)20-12-6-8-22(9-7-12)16(23)24-5/h11-12H,6-10H2,1-5H3,(H2,18,19,20). The smallest absolute Gasteiger partial charge is 0.409 e. The van der Waals surface area contributed by atoms with Crippen molar-refractivity contribution in [3.8, 4) is 0 Å². The summed E-state index contributed by atoms with van der Waals surface area (Å²) in [6.45, 7) is 8.55. The Hall–Kier alpha value is -1.83. The Morgan fingerprint density at radius 2 is 2.12 bits per heavy atom. The van der Waals surface area contributed by atoms with Gasteiger partial charge in [0.25, 0.3) is 0 Å². The summed E-state index contributed by atoms with van der Waals surface area (Å²) in [6, 6.07) is 0.300. The van der Waals surface area contributed by atoms with E-state index in [0.717, 1.165) is 29.5 Å². The number of nitrogens with zero attached hydrogens (tertiary/aromatic N) is 3. The van der Waals surface area contributed by atoms with Crippen LogP contribution in [0.15, 0.2) is 10.4 Å². The average molecular weight is 368 g/mol. The third kappa shape index (κ3) is 5.59. The first-order valence-corrected chi connectivity index (χ1v) is 9.46. The summed E-state index contributed by atoms with van der Waals surface area (Å²) >= 11 is 1.67. The molecule has 2 N–H and O–H groups in total. The lowest BCUT2D eigenvalue weighted by Gasteiger charge is -2.32. The van der Waals surface area contributed by atoms with E-state index in [4.69, 9.17) is 4.74 Å². The molecule has 0 bridgehead atoms. The second kappa shape index (κ2) is 8.51. The molecule has 0 radical (unpaired) electrons. The molecule has 0 spiro atoms. The van der Waals surface area contributed by atoms with Crippen molar-refractivity contribution < 1.29 is 9.53 Å². The van der Waals surface area contributed by atoms with Gasteiger partial charge in [-0.2, -0.15) is 0 Å². The molecule has 0 saturated carbocycles. The van der Waals surface area contributed by atoms with Gasteiger partial charge >= 0.3 is 6.09 Å². The molecule has 1 amide bonds. The number of carbonyl (C=O) groups is 1. The summed E-state index contributed by atoms with van der Waals surface area (Å²) in [5.74, 6) is 0.768. The fraction of sp³-hybridized carbons (Fsp3) is 0.706. The number of hydrogen-bond acceptors (Lipinski definition) is 5. The number of rotatable bonds is 3. The topological polar surface area (TPSA) is 78.9 Å².